The van der Waals surface area contributed by atoms with Crippen LogP contribution in [-0.4, -0.2) is 16.8 Å². The Morgan fingerprint density at radius 1 is 1.23 bits per heavy atom. The molecule has 3 aromatic heterocycles. The summed E-state index contributed by atoms with van der Waals surface area (Å²) >= 11 is 1.42. The Morgan fingerprint density at radius 3 is 3.04 bits per heavy atom. The number of anilines is 1. The zero-order valence-electron chi connectivity index (χ0n) is 13.4. The van der Waals surface area contributed by atoms with Crippen molar-refractivity contribution in [3.05, 3.63) is 58.2 Å². The number of hydrogen-bond acceptors (Lipinski definition) is 7. The molecule has 0 saturated carbocycles. The average molecular weight is 367 g/mol. The third-order valence-corrected chi connectivity index (χ3v) is 4.98. The fraction of sp³-hybridized carbons (Fsp3) is 0.111. The van der Waals surface area contributed by atoms with E-state index in [1.807, 2.05) is 29.6 Å². The predicted molar refractivity (Wildman–Crippen MR) is 97.8 cm³/mol. The average Bonchev–Trinajstić information content (AvgIpc) is 3.38. The Balaban J connectivity index is 1.42. The van der Waals surface area contributed by atoms with Crippen molar-refractivity contribution >= 4 is 27.2 Å². The van der Waals surface area contributed by atoms with E-state index < -0.39 is 0 Å². The van der Waals surface area contributed by atoms with Gasteiger partial charge < -0.3 is 24.2 Å². The monoisotopic (exact) mass is 367 g/mol. The van der Waals surface area contributed by atoms with Crippen LogP contribution >= 0.6 is 11.3 Å². The van der Waals surface area contributed by atoms with Gasteiger partial charge in [-0.15, -0.1) is 11.3 Å². The molecule has 7 nitrogen and oxygen atoms in total. The van der Waals surface area contributed by atoms with Crippen molar-refractivity contribution in [3.63, 3.8) is 0 Å². The first-order valence-corrected chi connectivity index (χ1v) is 8.84. The highest BCUT2D eigenvalue weighted by Gasteiger charge is 2.15. The van der Waals surface area contributed by atoms with E-state index in [4.69, 9.17) is 13.9 Å². The molecule has 5 rings (SSSR count). The summed E-state index contributed by atoms with van der Waals surface area (Å²) < 4.78 is 16.1. The van der Waals surface area contributed by atoms with Gasteiger partial charge in [0.1, 0.15) is 16.4 Å². The maximum atomic E-state index is 12.5. The molecule has 0 fully saturated rings. The standard InChI is InChI=1S/C18H13N3O4S/c22-17-16-11(12-2-1-5-23-12)8-26-18(16)21-15(20-17)7-19-10-3-4-13-14(6-10)25-9-24-13/h1-6,8,19H,7,9H2,(H,20,21,22). The lowest BCUT2D eigenvalue weighted by Gasteiger charge is -2.07. The number of nitrogens with zero attached hydrogens (tertiary/aromatic N) is 1. The molecule has 4 heterocycles. The van der Waals surface area contributed by atoms with Crippen molar-refractivity contribution in [1.29, 1.82) is 0 Å². The minimum Gasteiger partial charge on any atom is -0.464 e. The van der Waals surface area contributed by atoms with Crippen molar-refractivity contribution in [1.82, 2.24) is 9.97 Å². The van der Waals surface area contributed by atoms with Crippen LogP contribution in [0.5, 0.6) is 11.5 Å². The van der Waals surface area contributed by atoms with Crippen molar-refractivity contribution in [2.24, 2.45) is 0 Å². The second-order valence-electron chi connectivity index (χ2n) is 5.74. The maximum absolute atomic E-state index is 12.5. The Labute approximate surface area is 151 Å². The number of aromatic nitrogens is 2. The van der Waals surface area contributed by atoms with Crippen LogP contribution in [0.25, 0.3) is 21.5 Å². The van der Waals surface area contributed by atoms with Gasteiger partial charge in [0.05, 0.1) is 18.2 Å². The molecule has 0 aliphatic carbocycles. The van der Waals surface area contributed by atoms with E-state index in [1.165, 1.54) is 11.3 Å². The Bertz CT molecular complexity index is 1150. The Hall–Kier alpha value is -3.26. The molecule has 0 bridgehead atoms. The number of furan rings is 1. The quantitative estimate of drug-likeness (QED) is 0.573. The van der Waals surface area contributed by atoms with Gasteiger partial charge in [-0.3, -0.25) is 4.79 Å². The van der Waals surface area contributed by atoms with Crippen LogP contribution in [0.4, 0.5) is 5.69 Å². The van der Waals surface area contributed by atoms with Crippen molar-refractivity contribution < 1.29 is 13.9 Å². The summed E-state index contributed by atoms with van der Waals surface area (Å²) in [6, 6.07) is 9.22. The van der Waals surface area contributed by atoms with Crippen molar-refractivity contribution in [2.45, 2.75) is 6.54 Å². The number of thiophene rings is 1. The third kappa shape index (κ3) is 2.51. The first-order valence-electron chi connectivity index (χ1n) is 7.96. The van der Waals surface area contributed by atoms with Gasteiger partial charge in [-0.05, 0) is 24.3 Å². The number of ether oxygens (including phenoxy) is 2. The molecular weight excluding hydrogens is 354 g/mol. The van der Waals surface area contributed by atoms with Crippen molar-refractivity contribution in [2.75, 3.05) is 12.1 Å². The molecule has 2 N–H and O–H groups in total. The summed E-state index contributed by atoms with van der Waals surface area (Å²) in [5.74, 6) is 2.66. The van der Waals surface area contributed by atoms with Crippen LogP contribution in [0, 0.1) is 0 Å². The second-order valence-corrected chi connectivity index (χ2v) is 6.60. The van der Waals surface area contributed by atoms with E-state index in [2.05, 4.69) is 15.3 Å². The molecule has 0 amide bonds. The molecule has 1 aromatic carbocycles. The molecule has 1 aliphatic rings. The minimum atomic E-state index is -0.176. The molecule has 130 valence electrons. The number of aromatic amines is 1. The fourth-order valence-electron chi connectivity index (χ4n) is 2.88. The highest BCUT2D eigenvalue weighted by Crippen LogP contribution is 2.34. The Morgan fingerprint density at radius 2 is 2.15 bits per heavy atom. The molecule has 1 aliphatic heterocycles. The summed E-state index contributed by atoms with van der Waals surface area (Å²) in [5, 5.41) is 5.68. The van der Waals surface area contributed by atoms with Crippen LogP contribution in [-0.2, 0) is 6.54 Å². The van der Waals surface area contributed by atoms with Crippen LogP contribution in [0.2, 0.25) is 0 Å². The van der Waals surface area contributed by atoms with Gasteiger partial charge in [0, 0.05) is 22.7 Å². The number of nitrogens with one attached hydrogen (secondary N) is 2. The number of benzene rings is 1. The summed E-state index contributed by atoms with van der Waals surface area (Å²) in [5.41, 5.74) is 1.45. The van der Waals surface area contributed by atoms with Gasteiger partial charge in [-0.1, -0.05) is 0 Å². The van der Waals surface area contributed by atoms with Crippen LogP contribution < -0.4 is 20.3 Å². The first kappa shape index (κ1) is 15.0. The van der Waals surface area contributed by atoms with Crippen LogP contribution in [0.3, 0.4) is 0 Å². The van der Waals surface area contributed by atoms with E-state index in [9.17, 15) is 4.79 Å². The largest absolute Gasteiger partial charge is 0.464 e. The molecule has 8 heteroatoms. The van der Waals surface area contributed by atoms with Crippen LogP contribution in [0.15, 0.2) is 51.2 Å². The Kier molecular flexibility index (Phi) is 3.42. The topological polar surface area (TPSA) is 89.4 Å². The first-order chi connectivity index (χ1) is 12.8. The fourth-order valence-corrected chi connectivity index (χ4v) is 3.83. The smallest absolute Gasteiger partial charge is 0.260 e. The predicted octanol–water partition coefficient (Wildman–Crippen LogP) is 3.59. The molecule has 26 heavy (non-hydrogen) atoms. The van der Waals surface area contributed by atoms with Crippen molar-refractivity contribution in [3.8, 4) is 22.8 Å². The zero-order chi connectivity index (χ0) is 17.5. The lowest BCUT2D eigenvalue weighted by Crippen LogP contribution is -2.14. The van der Waals surface area contributed by atoms with Gasteiger partial charge in [0.15, 0.2) is 11.5 Å². The van der Waals surface area contributed by atoms with E-state index in [-0.39, 0.29) is 12.4 Å². The molecule has 0 radical (unpaired) electrons. The van der Waals surface area contributed by atoms with Gasteiger partial charge >= 0.3 is 0 Å². The molecule has 0 saturated heterocycles. The minimum absolute atomic E-state index is 0.176. The summed E-state index contributed by atoms with van der Waals surface area (Å²) in [7, 11) is 0. The molecule has 0 atom stereocenters. The highest BCUT2D eigenvalue weighted by molar-refractivity contribution is 7.17. The SMILES string of the molecule is O=c1[nH]c(CNc2ccc3c(c2)OCO3)nc2scc(-c3ccco3)c12. The number of fused-ring (bicyclic) bond motifs is 2. The number of rotatable bonds is 4. The van der Waals surface area contributed by atoms with Gasteiger partial charge in [-0.2, -0.15) is 0 Å². The normalized spacial score (nSPS) is 12.6. The number of H-pyrrole nitrogens is 1. The second kappa shape index (κ2) is 5.92. The molecule has 4 aromatic rings. The van der Waals surface area contributed by atoms with E-state index in [1.54, 1.807) is 12.3 Å². The molecular formula is C18H13N3O4S. The van der Waals surface area contributed by atoms with Gasteiger partial charge in [0.25, 0.3) is 5.56 Å². The summed E-state index contributed by atoms with van der Waals surface area (Å²) in [6.45, 7) is 0.625. The third-order valence-electron chi connectivity index (χ3n) is 4.11. The summed E-state index contributed by atoms with van der Waals surface area (Å²) in [4.78, 5) is 20.6. The lowest BCUT2D eigenvalue weighted by molar-refractivity contribution is 0.174. The van der Waals surface area contributed by atoms with Gasteiger partial charge in [-0.25, -0.2) is 4.98 Å². The molecule has 0 unspecified atom stereocenters. The molecule has 0 spiro atoms. The van der Waals surface area contributed by atoms with E-state index in [0.717, 1.165) is 17.0 Å². The maximum Gasteiger partial charge on any atom is 0.260 e. The van der Waals surface area contributed by atoms with Crippen LogP contribution in [0.1, 0.15) is 5.82 Å². The van der Waals surface area contributed by atoms with E-state index >= 15 is 0 Å². The number of hydrogen-bond donors (Lipinski definition) is 2. The zero-order valence-corrected chi connectivity index (χ0v) is 14.3. The highest BCUT2D eigenvalue weighted by atomic mass is 32.1. The summed E-state index contributed by atoms with van der Waals surface area (Å²) in [6.07, 6.45) is 1.59. The van der Waals surface area contributed by atoms with E-state index in [0.29, 0.717) is 34.1 Å². The lowest BCUT2D eigenvalue weighted by atomic mass is 10.2. The van der Waals surface area contributed by atoms with Gasteiger partial charge in [0.2, 0.25) is 6.79 Å².